The number of thiazole rings is 1. The van der Waals surface area contributed by atoms with E-state index in [0.717, 1.165) is 27.7 Å². The Labute approximate surface area is 156 Å². The van der Waals surface area contributed by atoms with Crippen molar-refractivity contribution in [1.82, 2.24) is 9.38 Å². The second kappa shape index (κ2) is 6.64. The number of aromatic nitrogens is 2. The lowest BCUT2D eigenvalue weighted by atomic mass is 10.1. The normalized spacial score (nSPS) is 11.7. The lowest BCUT2D eigenvalue weighted by Gasteiger charge is -2.22. The predicted molar refractivity (Wildman–Crippen MR) is 104 cm³/mol. The molecule has 3 rings (SSSR count). The summed E-state index contributed by atoms with van der Waals surface area (Å²) in [6.45, 7) is 10.2. The number of rotatable bonds is 4. The maximum absolute atomic E-state index is 12.2. The summed E-state index contributed by atoms with van der Waals surface area (Å²) in [6, 6.07) is 6.94. The Morgan fingerprint density at radius 2 is 1.96 bits per heavy atom. The number of phenolic OH excluding ortho intramolecular Hbond substituents is 1. The molecule has 0 bridgehead atoms. The van der Waals surface area contributed by atoms with E-state index in [1.54, 1.807) is 19.1 Å². The van der Waals surface area contributed by atoms with Crippen molar-refractivity contribution in [3.8, 4) is 17.0 Å². The second-order valence-electron chi connectivity index (χ2n) is 7.09. The zero-order chi connectivity index (χ0) is 19.1. The highest BCUT2D eigenvalue weighted by atomic mass is 32.1. The number of esters is 1. The molecule has 7 heteroatoms. The number of anilines is 1. The van der Waals surface area contributed by atoms with Gasteiger partial charge in [-0.15, -0.1) is 0 Å². The van der Waals surface area contributed by atoms with Crippen molar-refractivity contribution in [1.29, 1.82) is 0 Å². The van der Waals surface area contributed by atoms with Gasteiger partial charge in [0.05, 0.1) is 6.61 Å². The van der Waals surface area contributed by atoms with Crippen molar-refractivity contribution in [2.45, 2.75) is 40.2 Å². The summed E-state index contributed by atoms with van der Waals surface area (Å²) in [5.74, 6) is 0.705. The van der Waals surface area contributed by atoms with Gasteiger partial charge in [0.25, 0.3) is 0 Å². The number of ether oxygens (including phenoxy) is 1. The minimum atomic E-state index is -0.326. The van der Waals surface area contributed by atoms with E-state index in [1.807, 2.05) is 23.5 Å². The van der Waals surface area contributed by atoms with Crippen LogP contribution in [0.25, 0.3) is 16.2 Å². The number of imidazole rings is 1. The summed E-state index contributed by atoms with van der Waals surface area (Å²) in [5.41, 5.74) is 2.28. The van der Waals surface area contributed by atoms with Gasteiger partial charge >= 0.3 is 5.97 Å². The van der Waals surface area contributed by atoms with Crippen LogP contribution in [0.4, 0.5) is 5.82 Å². The van der Waals surface area contributed by atoms with Crippen LogP contribution >= 0.6 is 11.3 Å². The molecule has 0 saturated carbocycles. The Morgan fingerprint density at radius 1 is 1.31 bits per heavy atom. The number of carbonyl (C=O) groups is 1. The van der Waals surface area contributed by atoms with Crippen molar-refractivity contribution in [2.75, 3.05) is 11.9 Å². The van der Waals surface area contributed by atoms with Gasteiger partial charge in [-0.3, -0.25) is 4.40 Å². The molecule has 0 atom stereocenters. The summed E-state index contributed by atoms with van der Waals surface area (Å²) >= 11 is 1.32. The summed E-state index contributed by atoms with van der Waals surface area (Å²) in [4.78, 5) is 18.3. The van der Waals surface area contributed by atoms with Gasteiger partial charge in [0.1, 0.15) is 22.1 Å². The van der Waals surface area contributed by atoms with Gasteiger partial charge in [0.15, 0.2) is 4.96 Å². The van der Waals surface area contributed by atoms with E-state index in [4.69, 9.17) is 9.72 Å². The monoisotopic (exact) mass is 373 g/mol. The summed E-state index contributed by atoms with van der Waals surface area (Å²) in [5, 5.41) is 13.1. The molecule has 0 spiro atoms. The van der Waals surface area contributed by atoms with Crippen LogP contribution in [0.15, 0.2) is 24.3 Å². The van der Waals surface area contributed by atoms with Crippen molar-refractivity contribution >= 4 is 28.1 Å². The first-order valence-electron chi connectivity index (χ1n) is 8.48. The first-order valence-corrected chi connectivity index (χ1v) is 9.29. The molecule has 2 aromatic heterocycles. The molecular formula is C19H23N3O3S. The summed E-state index contributed by atoms with van der Waals surface area (Å²) in [6.07, 6.45) is 0. The second-order valence-corrected chi connectivity index (χ2v) is 8.06. The van der Waals surface area contributed by atoms with E-state index in [0.29, 0.717) is 11.5 Å². The number of hydrogen-bond acceptors (Lipinski definition) is 6. The highest BCUT2D eigenvalue weighted by Crippen LogP contribution is 2.36. The molecule has 2 heterocycles. The quantitative estimate of drug-likeness (QED) is 0.660. The highest BCUT2D eigenvalue weighted by molar-refractivity contribution is 7.19. The topological polar surface area (TPSA) is 75.9 Å². The number of aryl methyl sites for hydroxylation is 1. The third-order valence-electron chi connectivity index (χ3n) is 3.80. The van der Waals surface area contributed by atoms with Gasteiger partial charge in [-0.2, -0.15) is 0 Å². The maximum atomic E-state index is 12.2. The number of hydrogen-bond donors (Lipinski definition) is 2. The fourth-order valence-electron chi connectivity index (χ4n) is 2.72. The van der Waals surface area contributed by atoms with Gasteiger partial charge in [0, 0.05) is 16.8 Å². The minimum absolute atomic E-state index is 0.194. The molecule has 3 aromatic rings. The van der Waals surface area contributed by atoms with Gasteiger partial charge in [-0.05, 0) is 58.9 Å². The molecule has 0 saturated heterocycles. The molecule has 0 aliphatic heterocycles. The average molecular weight is 373 g/mol. The third kappa shape index (κ3) is 3.39. The maximum Gasteiger partial charge on any atom is 0.350 e. The zero-order valence-electron chi connectivity index (χ0n) is 15.6. The van der Waals surface area contributed by atoms with Crippen molar-refractivity contribution in [3.05, 3.63) is 34.8 Å². The standard InChI is InChI=1S/C19H23N3O3S/c1-6-25-17(24)15-11(2)22-16(21-19(3,4)5)14(20-18(22)26-15)12-7-9-13(23)10-8-12/h7-10,21,23H,6H2,1-5H3. The van der Waals surface area contributed by atoms with Crippen LogP contribution in [-0.2, 0) is 4.74 Å². The molecule has 26 heavy (non-hydrogen) atoms. The minimum Gasteiger partial charge on any atom is -0.508 e. The molecular weight excluding hydrogens is 350 g/mol. The fourth-order valence-corrected chi connectivity index (χ4v) is 3.74. The predicted octanol–water partition coefficient (Wildman–Crippen LogP) is 4.46. The molecule has 138 valence electrons. The number of nitrogens with one attached hydrogen (secondary N) is 1. The number of benzene rings is 1. The van der Waals surface area contributed by atoms with Gasteiger partial charge in [-0.1, -0.05) is 11.3 Å². The molecule has 6 nitrogen and oxygen atoms in total. The highest BCUT2D eigenvalue weighted by Gasteiger charge is 2.25. The number of carbonyl (C=O) groups excluding carboxylic acids is 1. The van der Waals surface area contributed by atoms with Crippen LogP contribution < -0.4 is 5.32 Å². The number of aromatic hydroxyl groups is 1. The Bertz CT molecular complexity index is 949. The average Bonchev–Trinajstić information content (AvgIpc) is 3.05. The molecule has 0 unspecified atom stereocenters. The van der Waals surface area contributed by atoms with E-state index >= 15 is 0 Å². The van der Waals surface area contributed by atoms with Gasteiger partial charge in [-0.25, -0.2) is 9.78 Å². The van der Waals surface area contributed by atoms with E-state index in [1.165, 1.54) is 11.3 Å². The molecule has 2 N–H and O–H groups in total. The van der Waals surface area contributed by atoms with Crippen LogP contribution in [0, 0.1) is 6.92 Å². The van der Waals surface area contributed by atoms with E-state index in [-0.39, 0.29) is 17.3 Å². The first kappa shape index (κ1) is 18.3. The van der Waals surface area contributed by atoms with Crippen LogP contribution in [0.2, 0.25) is 0 Å². The molecule has 0 radical (unpaired) electrons. The summed E-state index contributed by atoms with van der Waals surface area (Å²) < 4.78 is 7.12. The van der Waals surface area contributed by atoms with Crippen molar-refractivity contribution in [2.24, 2.45) is 0 Å². The molecule has 1 aromatic carbocycles. The van der Waals surface area contributed by atoms with Crippen LogP contribution in [0.3, 0.4) is 0 Å². The lowest BCUT2D eigenvalue weighted by molar-refractivity contribution is 0.0531. The van der Waals surface area contributed by atoms with E-state index in [9.17, 15) is 9.90 Å². The smallest absolute Gasteiger partial charge is 0.350 e. The van der Waals surface area contributed by atoms with E-state index < -0.39 is 0 Å². The van der Waals surface area contributed by atoms with Crippen molar-refractivity contribution in [3.63, 3.8) is 0 Å². The first-order chi connectivity index (χ1) is 12.2. The van der Waals surface area contributed by atoms with Gasteiger partial charge < -0.3 is 15.2 Å². The van der Waals surface area contributed by atoms with E-state index in [2.05, 4.69) is 26.1 Å². The van der Waals surface area contributed by atoms with Crippen LogP contribution in [0.5, 0.6) is 5.75 Å². The van der Waals surface area contributed by atoms with Gasteiger partial charge in [0.2, 0.25) is 0 Å². The number of fused-ring (bicyclic) bond motifs is 1. The summed E-state index contributed by atoms with van der Waals surface area (Å²) in [7, 11) is 0. The molecule has 0 fully saturated rings. The molecule has 0 aliphatic carbocycles. The van der Waals surface area contributed by atoms with Crippen molar-refractivity contribution < 1.29 is 14.6 Å². The van der Waals surface area contributed by atoms with Crippen LogP contribution in [-0.4, -0.2) is 32.6 Å². The Morgan fingerprint density at radius 3 is 2.54 bits per heavy atom. The number of phenols is 1. The third-order valence-corrected chi connectivity index (χ3v) is 4.92. The largest absolute Gasteiger partial charge is 0.508 e. The number of nitrogens with zero attached hydrogens (tertiary/aromatic N) is 2. The lowest BCUT2D eigenvalue weighted by Crippen LogP contribution is -2.27. The van der Waals surface area contributed by atoms with Crippen LogP contribution in [0.1, 0.15) is 43.1 Å². The zero-order valence-corrected chi connectivity index (χ0v) is 16.4. The fraction of sp³-hybridized carbons (Fsp3) is 0.368. The Kier molecular flexibility index (Phi) is 4.66. The SMILES string of the molecule is CCOC(=O)c1sc2nc(-c3ccc(O)cc3)c(NC(C)(C)C)n2c1C. The Hall–Kier alpha value is -2.54. The molecule has 0 amide bonds. The Balaban J connectivity index is 2.21. The molecule has 0 aliphatic rings.